The molecule has 4 rings (SSSR count). The van der Waals surface area contributed by atoms with Crippen LogP contribution in [-0.4, -0.2) is 56.9 Å². The minimum absolute atomic E-state index is 0.0787. The number of nitrogens with zero attached hydrogens (tertiary/aromatic N) is 2. The summed E-state index contributed by atoms with van der Waals surface area (Å²) in [5, 5.41) is 9.85. The predicted molar refractivity (Wildman–Crippen MR) is 103 cm³/mol. The number of hydrogen-bond acceptors (Lipinski definition) is 3. The second-order valence-corrected chi connectivity index (χ2v) is 8.41. The van der Waals surface area contributed by atoms with Crippen molar-refractivity contribution in [2.75, 3.05) is 0 Å². The summed E-state index contributed by atoms with van der Waals surface area (Å²) in [6.45, 7) is 1.69. The van der Waals surface area contributed by atoms with Crippen LogP contribution in [0.5, 0.6) is 0 Å². The van der Waals surface area contributed by atoms with Crippen molar-refractivity contribution in [1.29, 1.82) is 0 Å². The van der Waals surface area contributed by atoms with Crippen molar-refractivity contribution in [1.82, 2.24) is 9.80 Å². The van der Waals surface area contributed by atoms with Crippen molar-refractivity contribution >= 4 is 17.8 Å². The average molecular weight is 384 g/mol. The van der Waals surface area contributed by atoms with Crippen LogP contribution in [0.1, 0.15) is 51.0 Å². The molecule has 1 aromatic rings. The van der Waals surface area contributed by atoms with Crippen LogP contribution in [0.15, 0.2) is 30.3 Å². The normalized spacial score (nSPS) is 30.8. The first kappa shape index (κ1) is 19.0. The van der Waals surface area contributed by atoms with Gasteiger partial charge in [-0.3, -0.25) is 9.59 Å². The molecule has 6 nitrogen and oxygen atoms in total. The minimum atomic E-state index is -1.03. The molecule has 1 saturated carbocycles. The second-order valence-electron chi connectivity index (χ2n) is 8.41. The lowest BCUT2D eigenvalue weighted by Crippen LogP contribution is -2.66. The van der Waals surface area contributed by atoms with Crippen molar-refractivity contribution < 1.29 is 19.5 Å². The van der Waals surface area contributed by atoms with Gasteiger partial charge in [0.05, 0.1) is 0 Å². The molecule has 0 bridgehead atoms. The van der Waals surface area contributed by atoms with Crippen LogP contribution in [-0.2, 0) is 20.8 Å². The van der Waals surface area contributed by atoms with Crippen molar-refractivity contribution in [2.24, 2.45) is 5.92 Å². The van der Waals surface area contributed by atoms with Gasteiger partial charge in [-0.2, -0.15) is 0 Å². The zero-order valence-corrected chi connectivity index (χ0v) is 16.3. The van der Waals surface area contributed by atoms with Crippen molar-refractivity contribution in [3.8, 4) is 0 Å². The number of amides is 2. The van der Waals surface area contributed by atoms with Crippen LogP contribution < -0.4 is 0 Å². The molecule has 2 heterocycles. The van der Waals surface area contributed by atoms with Crippen LogP contribution in [0, 0.1) is 5.92 Å². The fourth-order valence-electron chi connectivity index (χ4n) is 5.45. The number of benzene rings is 1. The van der Waals surface area contributed by atoms with Gasteiger partial charge in [-0.25, -0.2) is 4.79 Å². The summed E-state index contributed by atoms with van der Waals surface area (Å²) in [5.41, 5.74) is 1.03. The molecule has 2 amide bonds. The van der Waals surface area contributed by atoms with E-state index in [-0.39, 0.29) is 17.9 Å². The summed E-state index contributed by atoms with van der Waals surface area (Å²) in [6.07, 6.45) is 5.82. The summed E-state index contributed by atoms with van der Waals surface area (Å²) < 4.78 is 0. The number of aliphatic carboxylic acids is 1. The van der Waals surface area contributed by atoms with Gasteiger partial charge in [0.25, 0.3) is 0 Å². The smallest absolute Gasteiger partial charge is 0.326 e. The second kappa shape index (κ2) is 7.57. The maximum atomic E-state index is 13.3. The standard InChI is InChI=1S/C22H28N2O4/c1-14-20(25)24-17-10-6-5-9-16(17)13-19(24)21(26)23(14)18(22(27)28)12-11-15-7-3-2-4-8-15/h2-4,7-8,14,16-19H,5-6,9-13H2,1H3,(H,27,28). The first-order valence-corrected chi connectivity index (χ1v) is 10.4. The van der Waals surface area contributed by atoms with E-state index < -0.39 is 24.1 Å². The van der Waals surface area contributed by atoms with Crippen LogP contribution in [0.3, 0.4) is 0 Å². The number of piperazine rings is 1. The number of carbonyl (C=O) groups excluding carboxylic acids is 2. The van der Waals surface area contributed by atoms with E-state index >= 15 is 0 Å². The number of rotatable bonds is 5. The zero-order chi connectivity index (χ0) is 19.8. The van der Waals surface area contributed by atoms with E-state index in [4.69, 9.17) is 0 Å². The van der Waals surface area contributed by atoms with Gasteiger partial charge in [0, 0.05) is 6.04 Å². The molecule has 28 heavy (non-hydrogen) atoms. The van der Waals surface area contributed by atoms with Crippen LogP contribution in [0.2, 0.25) is 0 Å². The largest absolute Gasteiger partial charge is 0.480 e. The molecule has 2 aliphatic heterocycles. The molecule has 2 saturated heterocycles. The molecular formula is C22H28N2O4. The van der Waals surface area contributed by atoms with Gasteiger partial charge in [-0.15, -0.1) is 0 Å². The Morgan fingerprint density at radius 3 is 2.57 bits per heavy atom. The fourth-order valence-corrected chi connectivity index (χ4v) is 5.45. The molecule has 6 heteroatoms. The number of carbonyl (C=O) groups is 3. The van der Waals surface area contributed by atoms with E-state index in [1.165, 1.54) is 4.90 Å². The van der Waals surface area contributed by atoms with Gasteiger partial charge >= 0.3 is 5.97 Å². The van der Waals surface area contributed by atoms with Crippen LogP contribution in [0.25, 0.3) is 0 Å². The fraction of sp³-hybridized carbons (Fsp3) is 0.591. The van der Waals surface area contributed by atoms with Crippen molar-refractivity contribution in [3.05, 3.63) is 35.9 Å². The number of carboxylic acid groups (broad SMARTS) is 1. The lowest BCUT2D eigenvalue weighted by molar-refractivity contribution is -0.168. The summed E-state index contributed by atoms with van der Waals surface area (Å²) in [6, 6.07) is 7.65. The molecule has 1 N–H and O–H groups in total. The zero-order valence-electron chi connectivity index (χ0n) is 16.3. The van der Waals surface area contributed by atoms with Gasteiger partial charge in [-0.1, -0.05) is 43.2 Å². The van der Waals surface area contributed by atoms with Gasteiger partial charge < -0.3 is 14.9 Å². The highest BCUT2D eigenvalue weighted by Crippen LogP contribution is 2.43. The van der Waals surface area contributed by atoms with E-state index in [2.05, 4.69) is 0 Å². The number of fused-ring (bicyclic) bond motifs is 3. The van der Waals surface area contributed by atoms with E-state index in [1.807, 2.05) is 35.2 Å². The Labute approximate surface area is 165 Å². The van der Waals surface area contributed by atoms with Crippen molar-refractivity contribution in [2.45, 2.75) is 76.0 Å². The van der Waals surface area contributed by atoms with Gasteiger partial charge in [0.1, 0.15) is 18.1 Å². The van der Waals surface area contributed by atoms with E-state index in [1.54, 1.807) is 6.92 Å². The minimum Gasteiger partial charge on any atom is -0.480 e. The Hall–Kier alpha value is -2.37. The Balaban J connectivity index is 1.56. The summed E-state index contributed by atoms with van der Waals surface area (Å²) >= 11 is 0. The molecule has 5 unspecified atom stereocenters. The molecule has 5 atom stereocenters. The summed E-state index contributed by atoms with van der Waals surface area (Å²) in [4.78, 5) is 41.7. The van der Waals surface area contributed by atoms with Gasteiger partial charge in [0.2, 0.25) is 11.8 Å². The average Bonchev–Trinajstić information content (AvgIpc) is 3.09. The van der Waals surface area contributed by atoms with Crippen LogP contribution >= 0.6 is 0 Å². The molecular weight excluding hydrogens is 356 g/mol. The number of aryl methyl sites for hydroxylation is 1. The summed E-state index contributed by atoms with van der Waals surface area (Å²) in [7, 11) is 0. The lowest BCUT2D eigenvalue weighted by Gasteiger charge is -2.45. The van der Waals surface area contributed by atoms with E-state index in [9.17, 15) is 19.5 Å². The highest BCUT2D eigenvalue weighted by Gasteiger charge is 2.55. The first-order chi connectivity index (χ1) is 13.5. The third-order valence-corrected chi connectivity index (χ3v) is 6.83. The molecule has 150 valence electrons. The van der Waals surface area contributed by atoms with E-state index in [0.717, 1.165) is 31.2 Å². The maximum absolute atomic E-state index is 13.3. The Kier molecular flexibility index (Phi) is 5.13. The molecule has 0 aromatic heterocycles. The molecule has 3 aliphatic rings. The molecule has 3 fully saturated rings. The Morgan fingerprint density at radius 2 is 1.86 bits per heavy atom. The maximum Gasteiger partial charge on any atom is 0.326 e. The molecule has 0 spiro atoms. The number of carboxylic acids is 1. The van der Waals surface area contributed by atoms with Crippen molar-refractivity contribution in [3.63, 3.8) is 0 Å². The SMILES string of the molecule is CC1C(=O)N2C(CC3CCCCC32)C(=O)N1C(CCc1ccccc1)C(=O)O. The third-order valence-electron chi connectivity index (χ3n) is 6.83. The van der Waals surface area contributed by atoms with E-state index in [0.29, 0.717) is 25.2 Å². The lowest BCUT2D eigenvalue weighted by atomic mass is 9.85. The monoisotopic (exact) mass is 384 g/mol. The highest BCUT2D eigenvalue weighted by atomic mass is 16.4. The molecule has 0 radical (unpaired) electrons. The third kappa shape index (κ3) is 3.19. The Bertz CT molecular complexity index is 765. The molecule has 1 aromatic carbocycles. The first-order valence-electron chi connectivity index (χ1n) is 10.4. The van der Waals surface area contributed by atoms with Gasteiger partial charge in [0.15, 0.2) is 0 Å². The van der Waals surface area contributed by atoms with Gasteiger partial charge in [-0.05, 0) is 50.5 Å². The quantitative estimate of drug-likeness (QED) is 0.846. The highest BCUT2D eigenvalue weighted by molar-refractivity contribution is 5.99. The summed E-state index contributed by atoms with van der Waals surface area (Å²) in [5.74, 6) is -0.911. The predicted octanol–water partition coefficient (Wildman–Crippen LogP) is 2.46. The Morgan fingerprint density at radius 1 is 1.14 bits per heavy atom. The number of hydrogen-bond donors (Lipinski definition) is 1. The topological polar surface area (TPSA) is 77.9 Å². The van der Waals surface area contributed by atoms with Crippen LogP contribution in [0.4, 0.5) is 0 Å². The molecule has 1 aliphatic carbocycles.